The maximum absolute atomic E-state index is 13.5. The number of carboxylic acid groups (broad SMARTS) is 2. The molecule has 0 aliphatic carbocycles. The number of halogens is 2. The summed E-state index contributed by atoms with van der Waals surface area (Å²) >= 11 is 7.33. The number of aromatic nitrogens is 3. The summed E-state index contributed by atoms with van der Waals surface area (Å²) in [6.07, 6.45) is 4.55. The van der Waals surface area contributed by atoms with Crippen LogP contribution in [0.25, 0.3) is 10.3 Å². The normalized spacial score (nSPS) is 14.3. The summed E-state index contributed by atoms with van der Waals surface area (Å²) in [7, 11) is 0. The minimum absolute atomic E-state index is 0.0961. The van der Waals surface area contributed by atoms with Gasteiger partial charge in [-0.3, -0.25) is 4.90 Å². The predicted octanol–water partition coefficient (Wildman–Crippen LogP) is 3.54. The molecule has 182 valence electrons. The van der Waals surface area contributed by atoms with E-state index in [1.54, 1.807) is 12.1 Å². The second-order valence-electron chi connectivity index (χ2n) is 7.47. The number of fused-ring (bicyclic) bond motifs is 1. The minimum atomic E-state index is -1.26. The van der Waals surface area contributed by atoms with Crippen LogP contribution in [0.3, 0.4) is 0 Å². The van der Waals surface area contributed by atoms with Gasteiger partial charge in [-0.15, -0.1) is 0 Å². The maximum atomic E-state index is 13.5. The second-order valence-corrected chi connectivity index (χ2v) is 9.03. The minimum Gasteiger partial charge on any atom is -0.478 e. The fraction of sp³-hybridized carbons (Fsp3) is 0.273. The molecule has 2 aromatic heterocycles. The topological polar surface area (TPSA) is 152 Å². The molecule has 1 saturated heterocycles. The van der Waals surface area contributed by atoms with Gasteiger partial charge < -0.3 is 15.5 Å². The van der Waals surface area contributed by atoms with Crippen LogP contribution >= 0.6 is 22.9 Å². The lowest BCUT2D eigenvalue weighted by atomic mass is 10.0. The number of piperidine rings is 1. The number of benzene rings is 1. The average molecular weight is 519 g/mol. The molecular weight excluding hydrogens is 499 g/mol. The van der Waals surface area contributed by atoms with Gasteiger partial charge in [-0.25, -0.2) is 28.9 Å². The highest BCUT2D eigenvalue weighted by molar-refractivity contribution is 7.21. The smallest absolute Gasteiger partial charge is 0.328 e. The fourth-order valence-corrected chi connectivity index (χ4v) is 4.36. The van der Waals surface area contributed by atoms with E-state index in [0.717, 1.165) is 42.1 Å². The van der Waals surface area contributed by atoms with E-state index in [9.17, 15) is 14.0 Å². The van der Waals surface area contributed by atoms with E-state index in [0.29, 0.717) is 34.7 Å². The zero-order valence-corrected chi connectivity index (χ0v) is 19.8. The Hall–Kier alpha value is -3.66. The van der Waals surface area contributed by atoms with Crippen molar-refractivity contribution < 1.29 is 24.2 Å². The van der Waals surface area contributed by atoms with E-state index < -0.39 is 17.8 Å². The summed E-state index contributed by atoms with van der Waals surface area (Å²) < 4.78 is 13.9. The zero-order chi connectivity index (χ0) is 25.4. The van der Waals surface area contributed by atoms with E-state index in [-0.39, 0.29) is 5.56 Å². The molecule has 0 unspecified atom stereocenters. The Bertz CT molecular complexity index is 1270. The first-order chi connectivity index (χ1) is 16.7. The lowest BCUT2D eigenvalue weighted by Crippen LogP contribution is -2.38. The van der Waals surface area contributed by atoms with Crippen molar-refractivity contribution in [3.63, 3.8) is 0 Å². The summed E-state index contributed by atoms with van der Waals surface area (Å²) in [6.45, 7) is 2.52. The first-order valence-electron chi connectivity index (χ1n) is 10.3. The van der Waals surface area contributed by atoms with Gasteiger partial charge in [-0.2, -0.15) is 5.26 Å². The lowest BCUT2D eigenvalue weighted by molar-refractivity contribution is -0.134. The van der Waals surface area contributed by atoms with Crippen LogP contribution in [-0.2, 0) is 16.1 Å². The molecule has 0 atom stereocenters. The highest BCUT2D eigenvalue weighted by Gasteiger charge is 2.21. The number of aliphatic carboxylic acids is 2. The van der Waals surface area contributed by atoms with E-state index >= 15 is 0 Å². The van der Waals surface area contributed by atoms with Gasteiger partial charge in [0, 0.05) is 37.8 Å². The first kappa shape index (κ1) is 26.0. The first-order valence-corrected chi connectivity index (χ1v) is 11.5. The average Bonchev–Trinajstić information content (AvgIpc) is 3.22. The monoisotopic (exact) mass is 518 g/mol. The van der Waals surface area contributed by atoms with Crippen molar-refractivity contribution >= 4 is 51.0 Å². The van der Waals surface area contributed by atoms with Gasteiger partial charge >= 0.3 is 11.9 Å². The highest BCUT2D eigenvalue weighted by atomic mass is 35.5. The van der Waals surface area contributed by atoms with Crippen LogP contribution in [0.2, 0.25) is 4.47 Å². The molecule has 1 aliphatic heterocycles. The molecule has 3 N–H and O–H groups in total. The largest absolute Gasteiger partial charge is 0.478 e. The predicted molar refractivity (Wildman–Crippen MR) is 128 cm³/mol. The van der Waals surface area contributed by atoms with E-state index in [2.05, 4.69) is 25.2 Å². The van der Waals surface area contributed by atoms with E-state index in [1.165, 1.54) is 23.7 Å². The van der Waals surface area contributed by atoms with Crippen LogP contribution in [-0.4, -0.2) is 61.1 Å². The van der Waals surface area contributed by atoms with Crippen LogP contribution in [0.4, 0.5) is 10.2 Å². The van der Waals surface area contributed by atoms with Crippen molar-refractivity contribution in [2.45, 2.75) is 25.4 Å². The molecule has 1 aromatic carbocycles. The van der Waals surface area contributed by atoms with Crippen LogP contribution in [0.1, 0.15) is 24.0 Å². The summed E-state index contributed by atoms with van der Waals surface area (Å²) in [6, 6.07) is 6.92. The molecule has 0 amide bonds. The van der Waals surface area contributed by atoms with Crippen molar-refractivity contribution in [3.05, 3.63) is 58.1 Å². The summed E-state index contributed by atoms with van der Waals surface area (Å²) in [5.41, 5.74) is 1.76. The molecule has 1 fully saturated rings. The molecular formula is C22H20ClFN6O4S. The Morgan fingerprint density at radius 2 is 1.94 bits per heavy atom. The van der Waals surface area contributed by atoms with Crippen LogP contribution in [0.15, 0.2) is 36.7 Å². The number of hydrogen-bond donors (Lipinski definition) is 3. The molecule has 0 bridgehead atoms. The number of nitrogens with zero attached hydrogens (tertiary/aromatic N) is 5. The van der Waals surface area contributed by atoms with E-state index in [4.69, 9.17) is 27.1 Å². The number of nitrogens with one attached hydrogen (secondary N) is 1. The van der Waals surface area contributed by atoms with Crippen molar-refractivity contribution in [1.82, 2.24) is 19.9 Å². The molecule has 0 spiro atoms. The van der Waals surface area contributed by atoms with Crippen molar-refractivity contribution in [2.24, 2.45) is 0 Å². The number of likely N-dealkylation sites (tertiary alicyclic amines) is 1. The molecule has 1 aliphatic rings. The second kappa shape index (κ2) is 12.2. The van der Waals surface area contributed by atoms with Crippen LogP contribution in [0.5, 0.6) is 0 Å². The molecule has 3 aromatic rings. The molecule has 0 saturated carbocycles. The molecule has 3 heterocycles. The van der Waals surface area contributed by atoms with Crippen LogP contribution < -0.4 is 5.32 Å². The van der Waals surface area contributed by atoms with Crippen molar-refractivity contribution in [3.8, 4) is 6.07 Å². The number of carboxylic acids is 2. The van der Waals surface area contributed by atoms with Gasteiger partial charge in [0.05, 0.1) is 5.56 Å². The Labute approximate surface area is 208 Å². The zero-order valence-electron chi connectivity index (χ0n) is 18.2. The van der Waals surface area contributed by atoms with Gasteiger partial charge in [0.15, 0.2) is 10.3 Å². The fourth-order valence-electron chi connectivity index (χ4n) is 3.42. The third-order valence-corrected chi connectivity index (χ3v) is 6.09. The van der Waals surface area contributed by atoms with Gasteiger partial charge in [0.25, 0.3) is 0 Å². The molecule has 10 nitrogen and oxygen atoms in total. The van der Waals surface area contributed by atoms with E-state index in [1.807, 2.05) is 6.07 Å². The number of rotatable bonds is 6. The van der Waals surface area contributed by atoms with Gasteiger partial charge in [0.2, 0.25) is 0 Å². The SMILES string of the molecule is N#Cc1cc(CN2CCC(Nc3ncnc4sc(Cl)nc34)CC2)ccc1F.O=C(O)/C=C/C(=O)O. The Morgan fingerprint density at radius 1 is 1.26 bits per heavy atom. The van der Waals surface area contributed by atoms with Gasteiger partial charge in [0.1, 0.15) is 28.6 Å². The number of carbonyl (C=O) groups is 2. The number of hydrogen-bond acceptors (Lipinski definition) is 9. The number of nitriles is 1. The lowest BCUT2D eigenvalue weighted by Gasteiger charge is -2.32. The Balaban J connectivity index is 0.000000371. The standard InChI is InChI=1S/C18H16ClFN6S.C4H4O4/c19-18-25-15-16(22-10-23-17(15)27-18)24-13-3-5-26(6-4-13)9-11-1-2-14(20)12(7-11)8-21;5-3(6)1-2-4(7)8/h1-2,7,10,13H,3-6,9H2,(H,22,23,24);1-2H,(H,5,6)(H,7,8)/b;2-1+. The maximum Gasteiger partial charge on any atom is 0.328 e. The van der Waals surface area contributed by atoms with Crippen molar-refractivity contribution in [2.75, 3.05) is 18.4 Å². The summed E-state index contributed by atoms with van der Waals surface area (Å²) in [4.78, 5) is 35.0. The Morgan fingerprint density at radius 3 is 2.57 bits per heavy atom. The third-order valence-electron chi connectivity index (χ3n) is 5.02. The third kappa shape index (κ3) is 7.68. The number of thiazole rings is 1. The molecule has 35 heavy (non-hydrogen) atoms. The Kier molecular flexibility index (Phi) is 9.02. The molecule has 4 rings (SSSR count). The highest BCUT2D eigenvalue weighted by Crippen LogP contribution is 2.28. The van der Waals surface area contributed by atoms with Crippen molar-refractivity contribution in [1.29, 1.82) is 5.26 Å². The summed E-state index contributed by atoms with van der Waals surface area (Å²) in [5, 5.41) is 28.1. The van der Waals surface area contributed by atoms with Gasteiger partial charge in [-0.1, -0.05) is 29.0 Å². The van der Waals surface area contributed by atoms with Gasteiger partial charge in [-0.05, 0) is 30.5 Å². The quantitative estimate of drug-likeness (QED) is 0.413. The molecule has 0 radical (unpaired) electrons. The number of anilines is 1. The summed E-state index contributed by atoms with van der Waals surface area (Å²) in [5.74, 6) is -2.26. The van der Waals surface area contributed by atoms with Crippen LogP contribution in [0, 0.1) is 17.1 Å². The molecule has 13 heteroatoms.